The molecule has 0 unspecified atom stereocenters. The molecule has 0 saturated heterocycles. The maximum atomic E-state index is 12.6. The summed E-state index contributed by atoms with van der Waals surface area (Å²) < 4.78 is 0. The molecule has 4 saturated carbocycles. The third-order valence-corrected chi connectivity index (χ3v) is 5.54. The van der Waals surface area contributed by atoms with E-state index in [1.54, 1.807) is 0 Å². The van der Waals surface area contributed by atoms with E-state index < -0.39 is 0 Å². The van der Waals surface area contributed by atoms with E-state index in [2.05, 4.69) is 25.9 Å². The average Bonchev–Trinajstić information content (AvgIpc) is 2.90. The highest BCUT2D eigenvalue weighted by atomic mass is 16.2. The minimum Gasteiger partial charge on any atom is -0.355 e. The highest BCUT2D eigenvalue weighted by Crippen LogP contribution is 2.60. The number of hydrogen-bond acceptors (Lipinski definition) is 4. The molecule has 2 N–H and O–H groups in total. The fourth-order valence-electron chi connectivity index (χ4n) is 5.15. The van der Waals surface area contributed by atoms with E-state index in [1.165, 1.54) is 19.3 Å². The maximum Gasteiger partial charge on any atom is 0.226 e. The predicted octanol–water partition coefficient (Wildman–Crippen LogP) is 1.07. The van der Waals surface area contributed by atoms with Gasteiger partial charge in [0.05, 0.1) is 0 Å². The lowest BCUT2D eigenvalue weighted by molar-refractivity contribution is -0.146. The van der Waals surface area contributed by atoms with Crippen LogP contribution in [0.3, 0.4) is 0 Å². The van der Waals surface area contributed by atoms with E-state index in [0.717, 1.165) is 37.0 Å². The van der Waals surface area contributed by atoms with Gasteiger partial charge in [-0.15, -0.1) is 10.2 Å². The Hall–Kier alpha value is -1.46. The van der Waals surface area contributed by atoms with Gasteiger partial charge in [0.15, 0.2) is 5.82 Å². The average molecular weight is 275 g/mol. The van der Waals surface area contributed by atoms with Gasteiger partial charge in [0.1, 0.15) is 0 Å². The summed E-state index contributed by atoms with van der Waals surface area (Å²) >= 11 is 0. The van der Waals surface area contributed by atoms with Crippen LogP contribution in [-0.4, -0.2) is 33.1 Å². The number of carbonyl (C=O) groups excluding carboxylic acids is 1. The zero-order chi connectivity index (χ0) is 13.6. The van der Waals surface area contributed by atoms with Gasteiger partial charge < -0.3 is 5.32 Å². The molecule has 6 nitrogen and oxygen atoms in total. The molecule has 4 aliphatic carbocycles. The van der Waals surface area contributed by atoms with Crippen molar-refractivity contribution < 1.29 is 4.79 Å². The lowest BCUT2D eigenvalue weighted by Crippen LogP contribution is -2.53. The Balaban J connectivity index is 1.38. The Morgan fingerprint density at radius 2 is 1.85 bits per heavy atom. The van der Waals surface area contributed by atoms with E-state index in [9.17, 15) is 4.79 Å². The fraction of sp³-hybridized carbons (Fsp3) is 0.857. The Labute approximate surface area is 118 Å². The Morgan fingerprint density at radius 3 is 2.40 bits per heavy atom. The summed E-state index contributed by atoms with van der Waals surface area (Å²) in [5.74, 6) is 3.37. The van der Waals surface area contributed by atoms with Crippen LogP contribution in [0.1, 0.15) is 44.3 Å². The standard InChI is InChI=1S/C14H21N5O/c20-13(15-2-1-12-16-18-19-17-12)14-6-9-3-10(7-14)5-11(4-9)8-14/h9-11H,1-8H2,(H,15,20)(H,16,17,18,19). The van der Waals surface area contributed by atoms with Crippen LogP contribution in [-0.2, 0) is 11.2 Å². The molecule has 4 aliphatic rings. The molecule has 4 bridgehead atoms. The van der Waals surface area contributed by atoms with Gasteiger partial charge in [-0.25, -0.2) is 0 Å². The Bertz CT molecular complexity index is 462. The van der Waals surface area contributed by atoms with E-state index in [4.69, 9.17) is 0 Å². The van der Waals surface area contributed by atoms with E-state index in [-0.39, 0.29) is 11.3 Å². The Kier molecular flexibility index (Phi) is 2.79. The van der Waals surface area contributed by atoms with Crippen LogP contribution in [0.15, 0.2) is 0 Å². The molecule has 108 valence electrons. The number of carbonyl (C=O) groups is 1. The van der Waals surface area contributed by atoms with Gasteiger partial charge in [0, 0.05) is 18.4 Å². The van der Waals surface area contributed by atoms with Crippen molar-refractivity contribution in [2.45, 2.75) is 44.9 Å². The molecule has 0 radical (unpaired) electrons. The summed E-state index contributed by atoms with van der Waals surface area (Å²) in [5, 5.41) is 16.9. The number of hydrogen-bond donors (Lipinski definition) is 2. The molecule has 5 rings (SSSR count). The van der Waals surface area contributed by atoms with Crippen LogP contribution < -0.4 is 5.32 Å². The summed E-state index contributed by atoms with van der Waals surface area (Å²) in [5.41, 5.74) is -0.0496. The lowest BCUT2D eigenvalue weighted by Gasteiger charge is -2.55. The van der Waals surface area contributed by atoms with Gasteiger partial charge in [-0.1, -0.05) is 5.21 Å². The number of aromatic nitrogens is 4. The van der Waals surface area contributed by atoms with Gasteiger partial charge in [-0.2, -0.15) is 5.21 Å². The number of nitrogens with one attached hydrogen (secondary N) is 2. The SMILES string of the molecule is O=C(NCCc1nn[nH]n1)C12CC3CC(CC(C3)C1)C2. The van der Waals surface area contributed by atoms with Gasteiger partial charge in [-0.05, 0) is 56.3 Å². The number of nitrogens with zero attached hydrogens (tertiary/aromatic N) is 3. The van der Waals surface area contributed by atoms with Crippen molar-refractivity contribution in [2.24, 2.45) is 23.2 Å². The van der Waals surface area contributed by atoms with E-state index >= 15 is 0 Å². The van der Waals surface area contributed by atoms with Gasteiger partial charge >= 0.3 is 0 Å². The first-order valence-electron chi connectivity index (χ1n) is 7.74. The summed E-state index contributed by atoms with van der Waals surface area (Å²) in [7, 11) is 0. The molecule has 4 fully saturated rings. The molecular formula is C14H21N5O. The minimum atomic E-state index is -0.0496. The highest BCUT2D eigenvalue weighted by Gasteiger charge is 2.54. The van der Waals surface area contributed by atoms with Crippen molar-refractivity contribution in [3.63, 3.8) is 0 Å². The first kappa shape index (κ1) is 12.3. The van der Waals surface area contributed by atoms with Gasteiger partial charge in [0.2, 0.25) is 5.91 Å². The molecule has 1 aromatic heterocycles. The van der Waals surface area contributed by atoms with Crippen LogP contribution in [0.4, 0.5) is 0 Å². The quantitative estimate of drug-likeness (QED) is 0.861. The van der Waals surface area contributed by atoms with Gasteiger partial charge in [0.25, 0.3) is 0 Å². The van der Waals surface area contributed by atoms with Crippen molar-refractivity contribution in [1.29, 1.82) is 0 Å². The normalized spacial score (nSPS) is 38.1. The van der Waals surface area contributed by atoms with E-state index in [1.807, 2.05) is 0 Å². The smallest absolute Gasteiger partial charge is 0.226 e. The largest absolute Gasteiger partial charge is 0.355 e. The van der Waals surface area contributed by atoms with Crippen molar-refractivity contribution >= 4 is 5.91 Å². The second-order valence-electron chi connectivity index (χ2n) is 7.03. The van der Waals surface area contributed by atoms with Crippen molar-refractivity contribution in [3.05, 3.63) is 5.82 Å². The highest BCUT2D eigenvalue weighted by molar-refractivity contribution is 5.83. The van der Waals surface area contributed by atoms with E-state index in [0.29, 0.717) is 18.8 Å². The lowest BCUT2D eigenvalue weighted by atomic mass is 9.49. The second-order valence-corrected chi connectivity index (χ2v) is 7.03. The van der Waals surface area contributed by atoms with Crippen molar-refractivity contribution in [3.8, 4) is 0 Å². The zero-order valence-corrected chi connectivity index (χ0v) is 11.6. The monoisotopic (exact) mass is 275 g/mol. The number of aromatic amines is 1. The van der Waals surface area contributed by atoms with Gasteiger partial charge in [-0.3, -0.25) is 4.79 Å². The molecule has 1 aromatic rings. The third kappa shape index (κ3) is 2.01. The van der Waals surface area contributed by atoms with Crippen molar-refractivity contribution in [2.75, 3.05) is 6.54 Å². The molecule has 0 atom stereocenters. The number of tetrazole rings is 1. The summed E-state index contributed by atoms with van der Waals surface area (Å²) in [6.07, 6.45) is 8.11. The first-order valence-corrected chi connectivity index (χ1v) is 7.74. The molecule has 6 heteroatoms. The summed E-state index contributed by atoms with van der Waals surface area (Å²) in [6, 6.07) is 0. The van der Waals surface area contributed by atoms with Crippen LogP contribution >= 0.6 is 0 Å². The number of rotatable bonds is 4. The molecule has 0 aromatic carbocycles. The molecule has 0 aliphatic heterocycles. The third-order valence-electron chi connectivity index (χ3n) is 5.54. The molecular weight excluding hydrogens is 254 g/mol. The predicted molar refractivity (Wildman–Crippen MR) is 71.5 cm³/mol. The van der Waals surface area contributed by atoms with Crippen LogP contribution in [0.5, 0.6) is 0 Å². The van der Waals surface area contributed by atoms with Crippen molar-refractivity contribution in [1.82, 2.24) is 25.9 Å². The second kappa shape index (κ2) is 4.53. The molecule has 1 heterocycles. The maximum absolute atomic E-state index is 12.6. The number of amides is 1. The van der Waals surface area contributed by atoms with Crippen LogP contribution in [0, 0.1) is 23.2 Å². The fourth-order valence-corrected chi connectivity index (χ4v) is 5.15. The molecule has 0 spiro atoms. The Morgan fingerprint density at radius 1 is 1.20 bits per heavy atom. The topological polar surface area (TPSA) is 83.6 Å². The van der Waals surface area contributed by atoms with Crippen LogP contribution in [0.2, 0.25) is 0 Å². The molecule has 20 heavy (non-hydrogen) atoms. The number of H-pyrrole nitrogens is 1. The molecule has 1 amide bonds. The van der Waals surface area contributed by atoms with Crippen LogP contribution in [0.25, 0.3) is 0 Å². The summed E-state index contributed by atoms with van der Waals surface area (Å²) in [4.78, 5) is 12.6. The summed E-state index contributed by atoms with van der Waals surface area (Å²) in [6.45, 7) is 0.611. The minimum absolute atomic E-state index is 0.0496. The zero-order valence-electron chi connectivity index (χ0n) is 11.6. The first-order chi connectivity index (χ1) is 9.73.